The third-order valence-corrected chi connectivity index (χ3v) is 6.74. The summed E-state index contributed by atoms with van der Waals surface area (Å²) in [4.78, 5) is 0.156. The van der Waals surface area contributed by atoms with Crippen LogP contribution in [0.5, 0.6) is 0 Å². The molecule has 0 radical (unpaired) electrons. The molecule has 102 valence electrons. The average Bonchev–Trinajstić information content (AvgIpc) is 2.86. The molecule has 1 atom stereocenters. The van der Waals surface area contributed by atoms with Gasteiger partial charge in [-0.15, -0.1) is 11.3 Å². The van der Waals surface area contributed by atoms with E-state index in [1.54, 1.807) is 11.3 Å². The Labute approximate surface area is 144 Å². The first kappa shape index (κ1) is 14.6. The van der Waals surface area contributed by atoms with Crippen molar-refractivity contribution in [3.8, 4) is 0 Å². The van der Waals surface area contributed by atoms with Crippen LogP contribution in [-0.4, -0.2) is 0 Å². The molecule has 0 aliphatic carbocycles. The van der Waals surface area contributed by atoms with Crippen molar-refractivity contribution < 1.29 is 0 Å². The van der Waals surface area contributed by atoms with E-state index in [-0.39, 0.29) is 4.83 Å². The second kappa shape index (κ2) is 5.80. The second-order valence-corrected chi connectivity index (χ2v) is 7.74. The number of benzene rings is 2. The molecule has 0 fully saturated rings. The van der Waals surface area contributed by atoms with Gasteiger partial charge in [-0.05, 0) is 62.4 Å². The zero-order chi connectivity index (χ0) is 14.3. The highest BCUT2D eigenvalue weighted by molar-refractivity contribution is 9.10. The minimum Gasteiger partial charge on any atom is -0.142 e. The van der Waals surface area contributed by atoms with Gasteiger partial charge in [-0.1, -0.05) is 51.8 Å². The van der Waals surface area contributed by atoms with E-state index >= 15 is 0 Å². The maximum Gasteiger partial charge on any atom is 0.0659 e. The number of hydrogen-bond acceptors (Lipinski definition) is 1. The van der Waals surface area contributed by atoms with Gasteiger partial charge in [0.05, 0.1) is 4.83 Å². The van der Waals surface area contributed by atoms with Gasteiger partial charge in [0.2, 0.25) is 0 Å². The van der Waals surface area contributed by atoms with Crippen molar-refractivity contribution in [2.45, 2.75) is 11.8 Å². The first-order valence-electron chi connectivity index (χ1n) is 6.13. The van der Waals surface area contributed by atoms with E-state index in [2.05, 4.69) is 67.6 Å². The van der Waals surface area contributed by atoms with Crippen molar-refractivity contribution in [1.29, 1.82) is 0 Å². The molecular weight excluding hydrogens is 420 g/mol. The summed E-state index contributed by atoms with van der Waals surface area (Å²) < 4.78 is 2.43. The SMILES string of the molecule is Cc1ccc(C(Br)c2csc3c(Br)cccc23)cc1Cl. The van der Waals surface area contributed by atoms with Crippen LogP contribution in [0, 0.1) is 6.92 Å². The molecule has 1 heterocycles. The molecule has 2 aromatic carbocycles. The number of hydrogen-bond donors (Lipinski definition) is 0. The molecule has 3 aromatic rings. The zero-order valence-corrected chi connectivity index (χ0v) is 15.4. The second-order valence-electron chi connectivity index (χ2n) is 4.68. The van der Waals surface area contributed by atoms with Crippen molar-refractivity contribution in [1.82, 2.24) is 0 Å². The third-order valence-electron chi connectivity index (χ3n) is 3.34. The lowest BCUT2D eigenvalue weighted by molar-refractivity contribution is 1.20. The number of aryl methyl sites for hydroxylation is 1. The van der Waals surface area contributed by atoms with Crippen LogP contribution >= 0.6 is 54.8 Å². The lowest BCUT2D eigenvalue weighted by Crippen LogP contribution is -1.92. The fraction of sp³-hybridized carbons (Fsp3) is 0.125. The highest BCUT2D eigenvalue weighted by atomic mass is 79.9. The summed E-state index contributed by atoms with van der Waals surface area (Å²) in [5.41, 5.74) is 3.57. The quantitative estimate of drug-likeness (QED) is 0.380. The highest BCUT2D eigenvalue weighted by Crippen LogP contribution is 2.41. The summed E-state index contributed by atoms with van der Waals surface area (Å²) in [6.07, 6.45) is 0. The molecule has 0 N–H and O–H groups in total. The molecule has 4 heteroatoms. The maximum absolute atomic E-state index is 6.24. The number of fused-ring (bicyclic) bond motifs is 1. The van der Waals surface area contributed by atoms with Crippen molar-refractivity contribution >= 4 is 64.9 Å². The third kappa shape index (κ3) is 2.57. The predicted molar refractivity (Wildman–Crippen MR) is 96.5 cm³/mol. The van der Waals surface area contributed by atoms with Crippen LogP contribution in [0.2, 0.25) is 5.02 Å². The molecule has 0 nitrogen and oxygen atoms in total. The standard InChI is InChI=1S/C16H11Br2ClS/c1-9-5-6-10(7-14(9)19)15(18)12-8-20-16-11(12)3-2-4-13(16)17/h2-8,15H,1H3. The zero-order valence-electron chi connectivity index (χ0n) is 10.7. The minimum absolute atomic E-state index is 0.156. The van der Waals surface area contributed by atoms with Crippen LogP contribution in [-0.2, 0) is 0 Å². The van der Waals surface area contributed by atoms with Crippen molar-refractivity contribution in [2.75, 3.05) is 0 Å². The smallest absolute Gasteiger partial charge is 0.0659 e. The van der Waals surface area contributed by atoms with E-state index < -0.39 is 0 Å². The summed E-state index contributed by atoms with van der Waals surface area (Å²) in [5.74, 6) is 0. The van der Waals surface area contributed by atoms with Crippen LogP contribution in [0.3, 0.4) is 0 Å². The first-order valence-corrected chi connectivity index (χ1v) is 9.10. The van der Waals surface area contributed by atoms with Gasteiger partial charge in [-0.25, -0.2) is 0 Å². The molecule has 0 bridgehead atoms. The number of rotatable bonds is 2. The normalized spacial score (nSPS) is 12.8. The molecule has 0 aliphatic rings. The van der Waals surface area contributed by atoms with Gasteiger partial charge in [0.1, 0.15) is 0 Å². The summed E-state index contributed by atoms with van der Waals surface area (Å²) in [7, 11) is 0. The first-order chi connectivity index (χ1) is 9.58. The van der Waals surface area contributed by atoms with Crippen LogP contribution in [0.15, 0.2) is 46.3 Å². The Kier molecular flexibility index (Phi) is 4.23. The van der Waals surface area contributed by atoms with Gasteiger partial charge in [-0.3, -0.25) is 0 Å². The lowest BCUT2D eigenvalue weighted by atomic mass is 10.0. The summed E-state index contributed by atoms with van der Waals surface area (Å²) in [6, 6.07) is 12.5. The van der Waals surface area contributed by atoms with Crippen LogP contribution < -0.4 is 0 Å². The maximum atomic E-state index is 6.24. The van der Waals surface area contributed by atoms with E-state index in [1.165, 1.54) is 21.2 Å². The topological polar surface area (TPSA) is 0 Å². The van der Waals surface area contributed by atoms with E-state index in [4.69, 9.17) is 11.6 Å². The molecule has 0 saturated carbocycles. The largest absolute Gasteiger partial charge is 0.142 e. The van der Waals surface area contributed by atoms with E-state index in [0.717, 1.165) is 15.1 Å². The Balaban J connectivity index is 2.10. The van der Waals surface area contributed by atoms with Gasteiger partial charge in [0.15, 0.2) is 0 Å². The molecule has 20 heavy (non-hydrogen) atoms. The molecule has 0 saturated heterocycles. The van der Waals surface area contributed by atoms with E-state index in [1.807, 2.05) is 13.0 Å². The molecule has 1 unspecified atom stereocenters. The number of thiophene rings is 1. The predicted octanol–water partition coefficient (Wildman–Crippen LogP) is 7.11. The summed E-state index contributed by atoms with van der Waals surface area (Å²) >= 11 is 15.4. The van der Waals surface area contributed by atoms with E-state index in [0.29, 0.717) is 0 Å². The Morgan fingerprint density at radius 3 is 2.75 bits per heavy atom. The Hall–Kier alpha value is -0.350. The molecular formula is C16H11Br2ClS. The molecule has 0 aliphatic heterocycles. The molecule has 3 rings (SSSR count). The fourth-order valence-electron chi connectivity index (χ4n) is 2.18. The summed E-state index contributed by atoms with van der Waals surface area (Å²) in [5, 5.41) is 4.30. The van der Waals surface area contributed by atoms with Gasteiger partial charge in [-0.2, -0.15) is 0 Å². The van der Waals surface area contributed by atoms with Crippen LogP contribution in [0.25, 0.3) is 10.1 Å². The monoisotopic (exact) mass is 428 g/mol. The van der Waals surface area contributed by atoms with Gasteiger partial charge < -0.3 is 0 Å². The average molecular weight is 431 g/mol. The van der Waals surface area contributed by atoms with Gasteiger partial charge in [0.25, 0.3) is 0 Å². The minimum atomic E-state index is 0.156. The fourth-order valence-corrected chi connectivity index (χ4v) is 4.86. The lowest BCUT2D eigenvalue weighted by Gasteiger charge is -2.11. The van der Waals surface area contributed by atoms with Gasteiger partial charge in [0, 0.05) is 14.2 Å². The van der Waals surface area contributed by atoms with Crippen molar-refractivity contribution in [3.05, 3.63) is 68.0 Å². The Morgan fingerprint density at radius 2 is 2.00 bits per heavy atom. The Bertz CT molecular complexity index is 779. The molecule has 0 spiro atoms. The van der Waals surface area contributed by atoms with Crippen molar-refractivity contribution in [3.63, 3.8) is 0 Å². The molecule has 1 aromatic heterocycles. The number of halogens is 3. The van der Waals surface area contributed by atoms with Crippen LogP contribution in [0.4, 0.5) is 0 Å². The van der Waals surface area contributed by atoms with Crippen molar-refractivity contribution in [2.24, 2.45) is 0 Å². The van der Waals surface area contributed by atoms with Crippen LogP contribution in [0.1, 0.15) is 21.5 Å². The van der Waals surface area contributed by atoms with Gasteiger partial charge >= 0.3 is 0 Å². The highest BCUT2D eigenvalue weighted by Gasteiger charge is 2.16. The number of alkyl halides is 1. The van der Waals surface area contributed by atoms with E-state index in [9.17, 15) is 0 Å². The Morgan fingerprint density at radius 1 is 1.20 bits per heavy atom. The summed E-state index contributed by atoms with van der Waals surface area (Å²) in [6.45, 7) is 2.02. The molecule has 0 amide bonds.